The molecule has 7 nitrogen and oxygen atoms in total. The SMILES string of the molecule is Cc1cc(C)c(C)c(N2CCN(S(=O)(=O)C(C)(C)C(=O)NO)CC2)c1C. The van der Waals surface area contributed by atoms with E-state index in [1.165, 1.54) is 51.6 Å². The Labute approximate surface area is 156 Å². The van der Waals surface area contributed by atoms with Crippen molar-refractivity contribution in [1.82, 2.24) is 9.79 Å². The van der Waals surface area contributed by atoms with E-state index in [4.69, 9.17) is 5.21 Å². The van der Waals surface area contributed by atoms with E-state index in [-0.39, 0.29) is 0 Å². The van der Waals surface area contributed by atoms with E-state index in [0.717, 1.165) is 0 Å². The van der Waals surface area contributed by atoms with Gasteiger partial charge in [0.05, 0.1) is 0 Å². The zero-order valence-corrected chi connectivity index (χ0v) is 17.2. The van der Waals surface area contributed by atoms with Crippen LogP contribution in [0.5, 0.6) is 0 Å². The van der Waals surface area contributed by atoms with Crippen molar-refractivity contribution in [3.63, 3.8) is 0 Å². The van der Waals surface area contributed by atoms with Crippen molar-refractivity contribution >= 4 is 21.6 Å². The third kappa shape index (κ3) is 3.33. The quantitative estimate of drug-likeness (QED) is 0.610. The van der Waals surface area contributed by atoms with Crippen molar-refractivity contribution in [2.24, 2.45) is 0 Å². The minimum atomic E-state index is -3.88. The molecule has 1 aliphatic heterocycles. The van der Waals surface area contributed by atoms with Crippen LogP contribution in [0.1, 0.15) is 36.1 Å². The molecule has 1 aliphatic rings. The Morgan fingerprint density at radius 1 is 1.04 bits per heavy atom. The molecule has 0 radical (unpaired) electrons. The fraction of sp³-hybridized carbons (Fsp3) is 0.611. The second-order valence-corrected chi connectivity index (χ2v) is 9.94. The molecule has 2 rings (SSSR count). The summed E-state index contributed by atoms with van der Waals surface area (Å²) in [6, 6.07) is 2.17. The number of benzene rings is 1. The topological polar surface area (TPSA) is 90.0 Å². The standard InChI is InChI=1S/C18H29N3O4S/c1-12-11-13(2)15(4)16(14(12)3)20-7-9-21(10-8-20)26(24,25)18(5,6)17(22)19-23/h11,23H,7-10H2,1-6H3,(H,19,22). The Balaban J connectivity index is 2.24. The molecule has 0 unspecified atom stereocenters. The predicted octanol–water partition coefficient (Wildman–Crippen LogP) is 1.66. The van der Waals surface area contributed by atoms with Crippen LogP contribution in [0.2, 0.25) is 0 Å². The molecule has 146 valence electrons. The summed E-state index contributed by atoms with van der Waals surface area (Å²) in [6.07, 6.45) is 0. The Bertz CT molecular complexity index is 784. The van der Waals surface area contributed by atoms with Crippen molar-refractivity contribution in [1.29, 1.82) is 0 Å². The highest BCUT2D eigenvalue weighted by atomic mass is 32.2. The lowest BCUT2D eigenvalue weighted by atomic mass is 9.97. The minimum absolute atomic E-state index is 0.302. The number of nitrogens with one attached hydrogen (secondary N) is 1. The zero-order chi connectivity index (χ0) is 19.9. The van der Waals surface area contributed by atoms with Gasteiger partial charge in [0.2, 0.25) is 10.0 Å². The highest BCUT2D eigenvalue weighted by molar-refractivity contribution is 7.91. The van der Waals surface area contributed by atoms with Crippen LogP contribution >= 0.6 is 0 Å². The van der Waals surface area contributed by atoms with Gasteiger partial charge in [-0.15, -0.1) is 0 Å². The molecule has 1 saturated heterocycles. The number of hydrogen-bond acceptors (Lipinski definition) is 5. The van der Waals surface area contributed by atoms with Crippen molar-refractivity contribution in [3.8, 4) is 0 Å². The molecule has 0 atom stereocenters. The molecule has 1 aromatic carbocycles. The van der Waals surface area contributed by atoms with Gasteiger partial charge in [0.15, 0.2) is 4.75 Å². The van der Waals surface area contributed by atoms with Crippen LogP contribution in [0.3, 0.4) is 0 Å². The number of carbonyl (C=O) groups excluding carboxylic acids is 1. The van der Waals surface area contributed by atoms with Crippen LogP contribution < -0.4 is 10.4 Å². The number of carbonyl (C=O) groups is 1. The number of nitrogens with zero attached hydrogens (tertiary/aromatic N) is 2. The largest absolute Gasteiger partial charge is 0.368 e. The first-order valence-electron chi connectivity index (χ1n) is 8.71. The van der Waals surface area contributed by atoms with Gasteiger partial charge in [0.1, 0.15) is 0 Å². The van der Waals surface area contributed by atoms with Crippen molar-refractivity contribution in [3.05, 3.63) is 28.3 Å². The summed E-state index contributed by atoms with van der Waals surface area (Å²) in [7, 11) is -3.88. The van der Waals surface area contributed by atoms with Gasteiger partial charge in [-0.3, -0.25) is 10.0 Å². The van der Waals surface area contributed by atoms with Crippen LogP contribution in [0.15, 0.2) is 6.07 Å². The molecule has 0 aliphatic carbocycles. The van der Waals surface area contributed by atoms with Gasteiger partial charge in [-0.2, -0.15) is 4.31 Å². The highest BCUT2D eigenvalue weighted by Crippen LogP contribution is 2.32. The van der Waals surface area contributed by atoms with E-state index in [1.807, 2.05) is 0 Å². The average molecular weight is 384 g/mol. The van der Waals surface area contributed by atoms with Crippen LogP contribution in [0, 0.1) is 27.7 Å². The maximum absolute atomic E-state index is 12.8. The molecule has 0 bridgehead atoms. The number of rotatable bonds is 4. The van der Waals surface area contributed by atoms with Crippen LogP contribution in [0.4, 0.5) is 5.69 Å². The molecule has 1 fully saturated rings. The second kappa shape index (κ2) is 7.17. The molecule has 8 heteroatoms. The van der Waals surface area contributed by atoms with Crippen molar-refractivity contribution in [2.75, 3.05) is 31.1 Å². The lowest BCUT2D eigenvalue weighted by Gasteiger charge is -2.39. The fourth-order valence-electron chi connectivity index (χ4n) is 3.40. The number of sulfonamides is 1. The van der Waals surface area contributed by atoms with Crippen LogP contribution in [-0.2, 0) is 14.8 Å². The highest BCUT2D eigenvalue weighted by Gasteiger charge is 2.46. The summed E-state index contributed by atoms with van der Waals surface area (Å²) in [5, 5.41) is 8.85. The molecular formula is C18H29N3O4S. The second-order valence-electron chi connectivity index (χ2n) is 7.45. The molecule has 26 heavy (non-hydrogen) atoms. The summed E-state index contributed by atoms with van der Waals surface area (Å²) in [5.41, 5.74) is 7.50. The first-order valence-corrected chi connectivity index (χ1v) is 10.2. The number of aryl methyl sites for hydroxylation is 2. The normalized spacial score (nSPS) is 16.7. The molecule has 0 aromatic heterocycles. The number of hydroxylamine groups is 1. The molecule has 2 N–H and O–H groups in total. The van der Waals surface area contributed by atoms with E-state index < -0.39 is 20.7 Å². The Morgan fingerprint density at radius 3 is 1.92 bits per heavy atom. The molecule has 1 heterocycles. The maximum atomic E-state index is 12.8. The lowest BCUT2D eigenvalue weighted by molar-refractivity contribution is -0.131. The van der Waals surface area contributed by atoms with Gasteiger partial charge in [0.25, 0.3) is 5.91 Å². The summed E-state index contributed by atoms with van der Waals surface area (Å²) in [5.74, 6) is -0.930. The number of hydrogen-bond donors (Lipinski definition) is 2. The molecule has 0 saturated carbocycles. The number of anilines is 1. The summed E-state index contributed by atoms with van der Waals surface area (Å²) >= 11 is 0. The summed E-state index contributed by atoms with van der Waals surface area (Å²) in [4.78, 5) is 14.0. The molecule has 0 spiro atoms. The van der Waals surface area contributed by atoms with Gasteiger partial charge in [0, 0.05) is 31.9 Å². The van der Waals surface area contributed by atoms with Crippen molar-refractivity contribution < 1.29 is 18.4 Å². The van der Waals surface area contributed by atoms with Crippen LogP contribution in [-0.4, -0.2) is 54.8 Å². The van der Waals surface area contributed by atoms with Gasteiger partial charge in [-0.05, 0) is 63.8 Å². The number of amides is 1. The summed E-state index contributed by atoms with van der Waals surface area (Å²) < 4.78 is 25.3. The molecule has 1 aromatic rings. The minimum Gasteiger partial charge on any atom is -0.368 e. The zero-order valence-electron chi connectivity index (χ0n) is 16.4. The summed E-state index contributed by atoms with van der Waals surface area (Å²) in [6.45, 7) is 12.7. The maximum Gasteiger partial charge on any atom is 0.265 e. The van der Waals surface area contributed by atoms with E-state index in [2.05, 4.69) is 38.7 Å². The Morgan fingerprint density at radius 2 is 1.50 bits per heavy atom. The smallest absolute Gasteiger partial charge is 0.265 e. The number of piperazine rings is 1. The van der Waals surface area contributed by atoms with Gasteiger partial charge in [-0.25, -0.2) is 13.9 Å². The van der Waals surface area contributed by atoms with E-state index in [9.17, 15) is 13.2 Å². The predicted molar refractivity (Wildman–Crippen MR) is 102 cm³/mol. The average Bonchev–Trinajstić information content (AvgIpc) is 2.59. The third-order valence-corrected chi connectivity index (χ3v) is 8.03. The van der Waals surface area contributed by atoms with Gasteiger partial charge < -0.3 is 4.90 Å². The van der Waals surface area contributed by atoms with E-state index in [1.54, 1.807) is 0 Å². The first-order chi connectivity index (χ1) is 11.9. The first kappa shape index (κ1) is 20.7. The van der Waals surface area contributed by atoms with Gasteiger partial charge in [-0.1, -0.05) is 6.07 Å². The Hall–Kier alpha value is -1.64. The van der Waals surface area contributed by atoms with E-state index in [0.29, 0.717) is 26.2 Å². The third-order valence-electron chi connectivity index (χ3n) is 5.51. The molecule has 1 amide bonds. The van der Waals surface area contributed by atoms with E-state index >= 15 is 0 Å². The monoisotopic (exact) mass is 383 g/mol. The fourth-order valence-corrected chi connectivity index (χ4v) is 4.97. The van der Waals surface area contributed by atoms with Gasteiger partial charge >= 0.3 is 0 Å². The van der Waals surface area contributed by atoms with Crippen LogP contribution in [0.25, 0.3) is 0 Å². The van der Waals surface area contributed by atoms with Crippen molar-refractivity contribution in [2.45, 2.75) is 46.3 Å². The lowest BCUT2D eigenvalue weighted by Crippen LogP contribution is -2.58. The Kier molecular flexibility index (Phi) is 5.70. The molecular weight excluding hydrogens is 354 g/mol.